The first-order valence-electron chi connectivity index (χ1n) is 7.43. The van der Waals surface area contributed by atoms with Crippen molar-refractivity contribution in [2.45, 2.75) is 65.8 Å². The summed E-state index contributed by atoms with van der Waals surface area (Å²) in [6, 6.07) is -0.438. The lowest BCUT2D eigenvalue weighted by Crippen LogP contribution is -2.41. The Morgan fingerprint density at radius 1 is 1.20 bits per heavy atom. The number of hydrogen-bond donors (Lipinski definition) is 3. The van der Waals surface area contributed by atoms with Crippen molar-refractivity contribution >= 4 is 11.9 Å². The predicted octanol–water partition coefficient (Wildman–Crippen LogP) is 2.15. The Kier molecular flexibility index (Phi) is 8.46. The molecule has 0 saturated carbocycles. The van der Waals surface area contributed by atoms with E-state index in [0.717, 1.165) is 12.8 Å². The predicted molar refractivity (Wildman–Crippen MR) is 80.3 cm³/mol. The standard InChI is InChI=1S/C15H30N2O3/c1-5-6-12(16)14(20)17-10-9-11(15(2,3)4)7-8-13(18)19/h11-12H,5-10,16H2,1-4H3,(H,17,20)(H,18,19)/t11?,12-/m1/s1. The molecule has 0 aromatic rings. The number of carboxylic acid groups (broad SMARTS) is 1. The van der Waals surface area contributed by atoms with Crippen molar-refractivity contribution in [1.29, 1.82) is 0 Å². The normalized spacial score (nSPS) is 14.7. The molecule has 0 heterocycles. The summed E-state index contributed by atoms with van der Waals surface area (Å²) in [5.41, 5.74) is 5.77. The van der Waals surface area contributed by atoms with Crippen LogP contribution in [0.15, 0.2) is 0 Å². The molecule has 1 amide bonds. The number of carboxylic acids is 1. The van der Waals surface area contributed by atoms with Gasteiger partial charge in [0.2, 0.25) is 5.91 Å². The first-order chi connectivity index (χ1) is 9.18. The van der Waals surface area contributed by atoms with Gasteiger partial charge in [-0.2, -0.15) is 0 Å². The largest absolute Gasteiger partial charge is 0.481 e. The Balaban J connectivity index is 4.20. The van der Waals surface area contributed by atoms with Gasteiger partial charge in [-0.1, -0.05) is 34.1 Å². The van der Waals surface area contributed by atoms with Crippen LogP contribution in [0.3, 0.4) is 0 Å². The summed E-state index contributed by atoms with van der Waals surface area (Å²) in [6.07, 6.45) is 3.16. The van der Waals surface area contributed by atoms with Gasteiger partial charge >= 0.3 is 5.97 Å². The zero-order valence-electron chi connectivity index (χ0n) is 13.2. The van der Waals surface area contributed by atoms with E-state index in [-0.39, 0.29) is 23.7 Å². The third kappa shape index (κ3) is 8.15. The SMILES string of the molecule is CCC[C@@H](N)C(=O)NCCC(CCC(=O)O)C(C)(C)C. The molecule has 4 N–H and O–H groups in total. The van der Waals surface area contributed by atoms with Gasteiger partial charge in [-0.05, 0) is 30.6 Å². The third-order valence-corrected chi connectivity index (χ3v) is 3.66. The molecule has 0 radical (unpaired) electrons. The molecule has 0 spiro atoms. The highest BCUT2D eigenvalue weighted by atomic mass is 16.4. The molecule has 0 aromatic carbocycles. The smallest absolute Gasteiger partial charge is 0.303 e. The molecule has 0 rings (SSSR count). The lowest BCUT2D eigenvalue weighted by Gasteiger charge is -2.30. The van der Waals surface area contributed by atoms with Gasteiger partial charge in [0, 0.05) is 13.0 Å². The fourth-order valence-corrected chi connectivity index (χ4v) is 2.25. The summed E-state index contributed by atoms with van der Waals surface area (Å²) in [4.78, 5) is 22.4. The van der Waals surface area contributed by atoms with Crippen LogP contribution in [-0.4, -0.2) is 29.6 Å². The van der Waals surface area contributed by atoms with Crippen LogP contribution >= 0.6 is 0 Å². The van der Waals surface area contributed by atoms with Crippen molar-refractivity contribution < 1.29 is 14.7 Å². The van der Waals surface area contributed by atoms with Crippen molar-refractivity contribution in [3.63, 3.8) is 0 Å². The fraction of sp³-hybridized carbons (Fsp3) is 0.867. The van der Waals surface area contributed by atoms with Crippen LogP contribution in [0.5, 0.6) is 0 Å². The fourth-order valence-electron chi connectivity index (χ4n) is 2.25. The number of carbonyl (C=O) groups excluding carboxylic acids is 1. The Bertz CT molecular complexity index is 311. The van der Waals surface area contributed by atoms with Gasteiger partial charge in [0.1, 0.15) is 0 Å². The summed E-state index contributed by atoms with van der Waals surface area (Å²) >= 11 is 0. The minimum absolute atomic E-state index is 0.0334. The van der Waals surface area contributed by atoms with E-state index in [1.165, 1.54) is 0 Å². The molecular weight excluding hydrogens is 256 g/mol. The number of nitrogens with two attached hydrogens (primary N) is 1. The number of nitrogens with one attached hydrogen (secondary N) is 1. The highest BCUT2D eigenvalue weighted by Crippen LogP contribution is 2.32. The molecule has 0 bridgehead atoms. The second kappa shape index (κ2) is 8.95. The molecular formula is C15H30N2O3. The van der Waals surface area contributed by atoms with Crippen molar-refractivity contribution in [2.75, 3.05) is 6.54 Å². The van der Waals surface area contributed by atoms with Gasteiger partial charge in [0.15, 0.2) is 0 Å². The quantitative estimate of drug-likeness (QED) is 0.605. The maximum Gasteiger partial charge on any atom is 0.303 e. The van der Waals surface area contributed by atoms with Gasteiger partial charge in [-0.15, -0.1) is 0 Å². The second-order valence-electron chi connectivity index (χ2n) is 6.47. The number of carbonyl (C=O) groups is 2. The summed E-state index contributed by atoms with van der Waals surface area (Å²) < 4.78 is 0. The van der Waals surface area contributed by atoms with Crippen molar-refractivity contribution in [3.05, 3.63) is 0 Å². The van der Waals surface area contributed by atoms with E-state index >= 15 is 0 Å². The Hall–Kier alpha value is -1.10. The molecule has 0 aliphatic carbocycles. The van der Waals surface area contributed by atoms with Crippen molar-refractivity contribution in [3.8, 4) is 0 Å². The molecule has 5 nitrogen and oxygen atoms in total. The average Bonchev–Trinajstić information content (AvgIpc) is 2.31. The van der Waals surface area contributed by atoms with E-state index in [9.17, 15) is 9.59 Å². The molecule has 0 aliphatic heterocycles. The molecule has 118 valence electrons. The van der Waals surface area contributed by atoms with Crippen molar-refractivity contribution in [1.82, 2.24) is 5.32 Å². The minimum atomic E-state index is -0.770. The zero-order valence-corrected chi connectivity index (χ0v) is 13.2. The third-order valence-electron chi connectivity index (χ3n) is 3.66. The summed E-state index contributed by atoms with van der Waals surface area (Å²) in [5.74, 6) is -0.618. The van der Waals surface area contributed by atoms with E-state index in [4.69, 9.17) is 10.8 Å². The molecule has 0 aromatic heterocycles. The van der Waals surface area contributed by atoms with E-state index in [0.29, 0.717) is 19.4 Å². The zero-order chi connectivity index (χ0) is 15.8. The summed E-state index contributed by atoms with van der Waals surface area (Å²) in [5, 5.41) is 11.6. The van der Waals surface area contributed by atoms with Crippen LogP contribution in [-0.2, 0) is 9.59 Å². The maximum absolute atomic E-state index is 11.7. The number of amides is 1. The average molecular weight is 286 g/mol. The maximum atomic E-state index is 11.7. The van der Waals surface area contributed by atoms with E-state index in [2.05, 4.69) is 26.1 Å². The first-order valence-corrected chi connectivity index (χ1v) is 7.43. The highest BCUT2D eigenvalue weighted by molar-refractivity contribution is 5.81. The van der Waals surface area contributed by atoms with Gasteiger partial charge in [0.25, 0.3) is 0 Å². The van der Waals surface area contributed by atoms with E-state index < -0.39 is 12.0 Å². The Morgan fingerprint density at radius 3 is 2.25 bits per heavy atom. The lowest BCUT2D eigenvalue weighted by atomic mass is 9.76. The van der Waals surface area contributed by atoms with Crippen LogP contribution < -0.4 is 11.1 Å². The first kappa shape index (κ1) is 18.9. The summed E-state index contributed by atoms with van der Waals surface area (Å²) in [7, 11) is 0. The van der Waals surface area contributed by atoms with Crippen molar-refractivity contribution in [2.24, 2.45) is 17.1 Å². The van der Waals surface area contributed by atoms with E-state index in [1.807, 2.05) is 6.92 Å². The molecule has 1 unspecified atom stereocenters. The molecule has 0 aliphatic rings. The topological polar surface area (TPSA) is 92.4 Å². The molecule has 0 saturated heterocycles. The van der Waals surface area contributed by atoms with Crippen LogP contribution in [0, 0.1) is 11.3 Å². The van der Waals surface area contributed by atoms with Crippen LogP contribution in [0.2, 0.25) is 0 Å². The molecule has 20 heavy (non-hydrogen) atoms. The van der Waals surface area contributed by atoms with Crippen LogP contribution in [0.25, 0.3) is 0 Å². The molecule has 5 heteroatoms. The van der Waals surface area contributed by atoms with Gasteiger partial charge in [-0.25, -0.2) is 0 Å². The van der Waals surface area contributed by atoms with Gasteiger partial charge in [-0.3, -0.25) is 9.59 Å². The molecule has 2 atom stereocenters. The minimum Gasteiger partial charge on any atom is -0.481 e. The number of aliphatic carboxylic acids is 1. The Morgan fingerprint density at radius 2 is 1.80 bits per heavy atom. The van der Waals surface area contributed by atoms with E-state index in [1.54, 1.807) is 0 Å². The highest BCUT2D eigenvalue weighted by Gasteiger charge is 2.25. The van der Waals surface area contributed by atoms with Crippen LogP contribution in [0.4, 0.5) is 0 Å². The van der Waals surface area contributed by atoms with Gasteiger partial charge < -0.3 is 16.2 Å². The second-order valence-corrected chi connectivity index (χ2v) is 6.47. The monoisotopic (exact) mass is 286 g/mol. The number of hydrogen-bond acceptors (Lipinski definition) is 3. The summed E-state index contributed by atoms with van der Waals surface area (Å²) in [6.45, 7) is 8.85. The Labute approximate surface area is 122 Å². The van der Waals surface area contributed by atoms with Gasteiger partial charge in [0.05, 0.1) is 6.04 Å². The lowest BCUT2D eigenvalue weighted by molar-refractivity contribution is -0.137. The van der Waals surface area contributed by atoms with Crippen LogP contribution in [0.1, 0.15) is 59.8 Å². The number of rotatable bonds is 9. The molecule has 0 fully saturated rings.